The van der Waals surface area contributed by atoms with E-state index in [1.807, 2.05) is 102 Å². The Bertz CT molecular complexity index is 1140. The maximum atomic E-state index is 14.7. The van der Waals surface area contributed by atoms with Gasteiger partial charge in [-0.25, -0.2) is 4.79 Å². The van der Waals surface area contributed by atoms with Gasteiger partial charge in [-0.1, -0.05) is 141 Å². The van der Waals surface area contributed by atoms with Gasteiger partial charge in [0.2, 0.25) is 11.9 Å². The van der Waals surface area contributed by atoms with Crippen molar-refractivity contribution in [2.24, 2.45) is 5.92 Å². The van der Waals surface area contributed by atoms with Crippen LogP contribution in [0.3, 0.4) is 0 Å². The summed E-state index contributed by atoms with van der Waals surface area (Å²) < 4.78 is 20.6. The minimum Gasteiger partial charge on any atom is -0.459 e. The summed E-state index contributed by atoms with van der Waals surface area (Å²) in [7, 11) is 0. The molecule has 268 valence electrons. The SMILES string of the molecule is CC.CC.CCCCCCCCC(=O)OC(OC(C(=O)OC1CC2CCC(C1)[N+]21CCCC1)(c1ccccc1)c1ccccc1)C(C)C. The van der Waals surface area contributed by atoms with Gasteiger partial charge in [-0.05, 0) is 17.5 Å². The summed E-state index contributed by atoms with van der Waals surface area (Å²) in [6, 6.07) is 20.3. The molecule has 3 aliphatic heterocycles. The van der Waals surface area contributed by atoms with Crippen LogP contribution in [0.25, 0.3) is 0 Å². The predicted octanol–water partition coefficient (Wildman–Crippen LogP) is 10.1. The van der Waals surface area contributed by atoms with E-state index in [4.69, 9.17) is 14.2 Å². The number of ether oxygens (including phenoxy) is 3. The van der Waals surface area contributed by atoms with E-state index in [1.165, 1.54) is 62.5 Å². The molecule has 1 spiro atoms. The molecule has 0 aliphatic carbocycles. The molecule has 0 aromatic heterocycles. The summed E-state index contributed by atoms with van der Waals surface area (Å²) in [5.74, 6) is -0.883. The van der Waals surface area contributed by atoms with E-state index in [-0.39, 0.29) is 18.0 Å². The summed E-state index contributed by atoms with van der Waals surface area (Å²) in [6.07, 6.45) is 12.7. The van der Waals surface area contributed by atoms with E-state index in [1.54, 1.807) is 0 Å². The topological polar surface area (TPSA) is 61.8 Å². The lowest BCUT2D eigenvalue weighted by Crippen LogP contribution is -2.60. The highest BCUT2D eigenvalue weighted by Crippen LogP contribution is 2.47. The standard InChI is InChI=1S/C38H54NO5.2C2H6/c1-4-5-6-7-8-15-22-35(40)43-36(29(2)3)44-38(30-18-11-9-12-19-30,31-20-13-10-14-21-31)37(41)42-34-27-32-23-24-33(28-34)39(32)25-16-17-26-39;2*1-2/h9-14,18-21,29,32-34,36H,4-8,15-17,22-28H2,1-3H3;2*1-2H3/q+1;;. The summed E-state index contributed by atoms with van der Waals surface area (Å²) in [5.41, 5.74) is -0.222. The van der Waals surface area contributed by atoms with Crippen LogP contribution in [0.4, 0.5) is 0 Å². The van der Waals surface area contributed by atoms with Gasteiger partial charge in [-0.2, -0.15) is 0 Å². The normalized spacial score (nSPS) is 21.5. The van der Waals surface area contributed by atoms with Crippen molar-refractivity contribution in [1.82, 2.24) is 0 Å². The lowest BCUT2D eigenvalue weighted by molar-refractivity contribution is -0.956. The van der Waals surface area contributed by atoms with E-state index in [0.717, 1.165) is 32.1 Å². The zero-order valence-electron chi connectivity index (χ0n) is 31.3. The molecule has 2 aromatic rings. The van der Waals surface area contributed by atoms with Gasteiger partial charge >= 0.3 is 11.9 Å². The Kier molecular flexibility index (Phi) is 16.6. The number of carbonyl (C=O) groups excluding carboxylic acids is 2. The maximum absolute atomic E-state index is 14.7. The number of benzene rings is 2. The van der Waals surface area contributed by atoms with Crippen molar-refractivity contribution in [2.45, 2.75) is 162 Å². The molecule has 0 amide bonds. The van der Waals surface area contributed by atoms with Crippen LogP contribution in [0, 0.1) is 5.92 Å². The lowest BCUT2D eigenvalue weighted by Gasteiger charge is -2.47. The third kappa shape index (κ3) is 9.50. The van der Waals surface area contributed by atoms with Gasteiger partial charge in [0, 0.05) is 50.9 Å². The van der Waals surface area contributed by atoms with Crippen molar-refractivity contribution in [3.63, 3.8) is 0 Å². The molecule has 3 heterocycles. The van der Waals surface area contributed by atoms with Gasteiger partial charge in [0.15, 0.2) is 0 Å². The minimum atomic E-state index is -1.58. The van der Waals surface area contributed by atoms with Crippen LogP contribution in [0.5, 0.6) is 0 Å². The van der Waals surface area contributed by atoms with E-state index in [2.05, 4.69) is 6.92 Å². The van der Waals surface area contributed by atoms with Crippen molar-refractivity contribution < 1.29 is 28.3 Å². The van der Waals surface area contributed by atoms with Gasteiger partial charge in [-0.3, -0.25) is 4.79 Å². The number of rotatable bonds is 15. The number of hydrogen-bond donors (Lipinski definition) is 0. The summed E-state index contributed by atoms with van der Waals surface area (Å²) in [6.45, 7) is 16.7. The third-order valence-electron chi connectivity index (χ3n) is 10.5. The van der Waals surface area contributed by atoms with Gasteiger partial charge < -0.3 is 18.7 Å². The number of nitrogens with zero attached hydrogens (tertiary/aromatic N) is 1. The monoisotopic (exact) mass is 664 g/mol. The first-order valence-corrected chi connectivity index (χ1v) is 19.4. The molecule has 0 saturated carbocycles. The summed E-state index contributed by atoms with van der Waals surface area (Å²) in [5, 5.41) is 0. The van der Waals surface area contributed by atoms with Crippen molar-refractivity contribution in [3.05, 3.63) is 71.8 Å². The maximum Gasteiger partial charge on any atom is 0.348 e. The molecule has 3 fully saturated rings. The Morgan fingerprint density at radius 3 is 1.77 bits per heavy atom. The first-order chi connectivity index (χ1) is 23.4. The van der Waals surface area contributed by atoms with E-state index < -0.39 is 17.9 Å². The molecule has 6 heteroatoms. The number of piperidine rings is 1. The molecule has 0 radical (unpaired) electrons. The molecule has 2 bridgehead atoms. The van der Waals surface area contributed by atoms with Crippen LogP contribution in [-0.4, -0.2) is 54.0 Å². The first-order valence-electron chi connectivity index (χ1n) is 19.4. The third-order valence-corrected chi connectivity index (χ3v) is 10.5. The van der Waals surface area contributed by atoms with Gasteiger partial charge in [0.05, 0.1) is 25.2 Å². The second-order valence-corrected chi connectivity index (χ2v) is 13.8. The molecule has 5 rings (SSSR count). The number of unbranched alkanes of at least 4 members (excludes halogenated alkanes) is 5. The average molecular weight is 665 g/mol. The fourth-order valence-electron chi connectivity index (χ4n) is 8.18. The Morgan fingerprint density at radius 2 is 1.27 bits per heavy atom. The molecule has 3 aliphatic rings. The van der Waals surface area contributed by atoms with Crippen LogP contribution in [-0.2, 0) is 29.4 Å². The van der Waals surface area contributed by atoms with Crippen LogP contribution in [0.15, 0.2) is 60.7 Å². The van der Waals surface area contributed by atoms with E-state index in [9.17, 15) is 9.59 Å². The lowest BCUT2D eigenvalue weighted by atomic mass is 9.85. The molecular weight excluding hydrogens is 598 g/mol. The van der Waals surface area contributed by atoms with Gasteiger partial charge in [-0.15, -0.1) is 0 Å². The highest BCUT2D eigenvalue weighted by Gasteiger charge is 2.57. The molecule has 3 saturated heterocycles. The zero-order chi connectivity index (χ0) is 35.0. The molecule has 2 aromatic carbocycles. The van der Waals surface area contributed by atoms with Crippen LogP contribution in [0.2, 0.25) is 0 Å². The fraction of sp³-hybridized carbons (Fsp3) is 0.667. The van der Waals surface area contributed by atoms with Crippen molar-refractivity contribution in [3.8, 4) is 0 Å². The minimum absolute atomic E-state index is 0.146. The Morgan fingerprint density at radius 1 is 0.771 bits per heavy atom. The second kappa shape index (κ2) is 20.1. The Hall–Kier alpha value is -2.70. The molecule has 3 unspecified atom stereocenters. The van der Waals surface area contributed by atoms with Gasteiger partial charge in [0.25, 0.3) is 0 Å². The number of quaternary nitrogens is 1. The van der Waals surface area contributed by atoms with Crippen molar-refractivity contribution in [1.29, 1.82) is 0 Å². The Balaban J connectivity index is 0.00000151. The second-order valence-electron chi connectivity index (χ2n) is 13.8. The molecular formula is C42H66NO5+. The van der Waals surface area contributed by atoms with Gasteiger partial charge in [0.1, 0.15) is 6.10 Å². The largest absolute Gasteiger partial charge is 0.459 e. The van der Waals surface area contributed by atoms with Crippen molar-refractivity contribution in [2.75, 3.05) is 13.1 Å². The molecule has 0 N–H and O–H groups in total. The average Bonchev–Trinajstić information content (AvgIpc) is 3.67. The van der Waals surface area contributed by atoms with Crippen LogP contribution < -0.4 is 0 Å². The van der Waals surface area contributed by atoms with E-state index in [0.29, 0.717) is 29.6 Å². The molecule has 48 heavy (non-hydrogen) atoms. The highest BCUT2D eigenvalue weighted by molar-refractivity contribution is 5.86. The van der Waals surface area contributed by atoms with Crippen molar-refractivity contribution >= 4 is 11.9 Å². The summed E-state index contributed by atoms with van der Waals surface area (Å²) >= 11 is 0. The fourth-order valence-corrected chi connectivity index (χ4v) is 8.18. The predicted molar refractivity (Wildman–Crippen MR) is 195 cm³/mol. The number of esters is 2. The summed E-state index contributed by atoms with van der Waals surface area (Å²) in [4.78, 5) is 27.8. The molecule has 3 atom stereocenters. The zero-order valence-corrected chi connectivity index (χ0v) is 31.3. The highest BCUT2D eigenvalue weighted by atomic mass is 16.7. The number of hydrogen-bond acceptors (Lipinski definition) is 5. The number of carbonyl (C=O) groups is 2. The Labute approximate surface area is 292 Å². The smallest absolute Gasteiger partial charge is 0.348 e. The van der Waals surface area contributed by atoms with E-state index >= 15 is 0 Å². The molecule has 6 nitrogen and oxygen atoms in total. The quantitative estimate of drug-likeness (QED) is 0.0821. The van der Waals surface area contributed by atoms with Crippen LogP contribution in [0.1, 0.15) is 143 Å². The van der Waals surface area contributed by atoms with Crippen LogP contribution >= 0.6 is 0 Å². The first kappa shape index (κ1) is 39.7.